The van der Waals surface area contributed by atoms with Crippen molar-refractivity contribution in [3.8, 4) is 11.4 Å². The normalized spacial score (nSPS) is 12.1. The third-order valence-electron chi connectivity index (χ3n) is 4.58. The summed E-state index contributed by atoms with van der Waals surface area (Å²) >= 11 is 0. The molecule has 0 spiro atoms. The van der Waals surface area contributed by atoms with Crippen molar-refractivity contribution in [2.24, 2.45) is 5.92 Å². The van der Waals surface area contributed by atoms with Crippen molar-refractivity contribution in [2.45, 2.75) is 46.2 Å². The first-order chi connectivity index (χ1) is 14.3. The number of aliphatic hydroxyl groups is 1. The molecule has 1 atom stereocenters. The highest BCUT2D eigenvalue weighted by Crippen LogP contribution is 2.14. The molecular weight excluding hydrogens is 391 g/mol. The van der Waals surface area contributed by atoms with Gasteiger partial charge in [0.05, 0.1) is 6.61 Å². The summed E-state index contributed by atoms with van der Waals surface area (Å²) in [6, 6.07) is 4.91. The van der Waals surface area contributed by atoms with Crippen molar-refractivity contribution < 1.29 is 19.1 Å². The number of nitrogens with one attached hydrogen (secondary N) is 1. The van der Waals surface area contributed by atoms with Crippen LogP contribution in [0.5, 0.6) is 0 Å². The van der Waals surface area contributed by atoms with E-state index in [4.69, 9.17) is 0 Å². The van der Waals surface area contributed by atoms with Gasteiger partial charge in [0.2, 0.25) is 17.6 Å². The van der Waals surface area contributed by atoms with Crippen LogP contribution < -0.4 is 5.32 Å². The van der Waals surface area contributed by atoms with Gasteiger partial charge < -0.3 is 15.3 Å². The summed E-state index contributed by atoms with van der Waals surface area (Å²) in [4.78, 5) is 27.9. The fourth-order valence-corrected chi connectivity index (χ4v) is 2.95. The average molecular weight is 420 g/mol. The number of rotatable bonds is 11. The molecule has 2 N–H and O–H groups in total. The van der Waals surface area contributed by atoms with Gasteiger partial charge in [0, 0.05) is 18.7 Å². The van der Waals surface area contributed by atoms with Crippen molar-refractivity contribution in [1.29, 1.82) is 0 Å². The summed E-state index contributed by atoms with van der Waals surface area (Å²) in [5, 5.41) is 24.2. The van der Waals surface area contributed by atoms with Gasteiger partial charge in [-0.05, 0) is 48.2 Å². The fourth-order valence-electron chi connectivity index (χ4n) is 2.95. The van der Waals surface area contributed by atoms with E-state index in [1.165, 1.54) is 29.2 Å². The molecule has 0 saturated carbocycles. The molecule has 10 heteroatoms. The number of carbonyl (C=O) groups is 2. The Labute approximate surface area is 175 Å². The molecule has 9 nitrogen and oxygen atoms in total. The Hall–Kier alpha value is -2.88. The average Bonchev–Trinajstić information content (AvgIpc) is 3.16. The molecule has 1 heterocycles. The number of hydrogen-bond acceptors (Lipinski definition) is 6. The van der Waals surface area contributed by atoms with Crippen LogP contribution >= 0.6 is 0 Å². The minimum atomic E-state index is -0.697. The lowest BCUT2D eigenvalue weighted by atomic mass is 10.1. The first-order valence-corrected chi connectivity index (χ1v) is 10.1. The third kappa shape index (κ3) is 6.58. The number of benzene rings is 1. The molecule has 0 unspecified atom stereocenters. The van der Waals surface area contributed by atoms with E-state index < -0.39 is 11.9 Å². The lowest BCUT2D eigenvalue weighted by molar-refractivity contribution is -0.142. The van der Waals surface area contributed by atoms with Gasteiger partial charge in [-0.3, -0.25) is 9.59 Å². The third-order valence-corrected chi connectivity index (χ3v) is 4.58. The van der Waals surface area contributed by atoms with Crippen LogP contribution in [0.25, 0.3) is 11.4 Å². The predicted octanol–water partition coefficient (Wildman–Crippen LogP) is 1.24. The smallest absolute Gasteiger partial charge is 0.247 e. The highest BCUT2D eigenvalue weighted by Gasteiger charge is 2.28. The van der Waals surface area contributed by atoms with E-state index in [2.05, 4.69) is 34.6 Å². The van der Waals surface area contributed by atoms with E-state index in [-0.39, 0.29) is 37.2 Å². The number of halogens is 1. The molecule has 1 aromatic carbocycles. The summed E-state index contributed by atoms with van der Waals surface area (Å²) in [6.07, 6.45) is 1.25. The van der Waals surface area contributed by atoms with Gasteiger partial charge in [-0.15, -0.1) is 10.2 Å². The maximum absolute atomic E-state index is 13.1. The number of hydrogen-bond donors (Lipinski definition) is 2. The number of nitrogens with zero attached hydrogens (tertiary/aromatic N) is 5. The van der Waals surface area contributed by atoms with Crippen molar-refractivity contribution in [3.05, 3.63) is 30.1 Å². The van der Waals surface area contributed by atoms with Gasteiger partial charge in [0.15, 0.2) is 0 Å². The van der Waals surface area contributed by atoms with Gasteiger partial charge in [-0.25, -0.2) is 4.39 Å². The van der Waals surface area contributed by atoms with E-state index in [0.717, 1.165) is 11.2 Å². The predicted molar refractivity (Wildman–Crippen MR) is 109 cm³/mol. The fraction of sp³-hybridized carbons (Fsp3) is 0.550. The summed E-state index contributed by atoms with van der Waals surface area (Å²) in [6.45, 7) is 5.99. The molecule has 30 heavy (non-hydrogen) atoms. The van der Waals surface area contributed by atoms with Gasteiger partial charge >= 0.3 is 0 Å². The molecular formula is C20H29FN6O3. The van der Waals surface area contributed by atoms with Gasteiger partial charge in [0.25, 0.3) is 0 Å². The maximum atomic E-state index is 13.1. The lowest BCUT2D eigenvalue weighted by Gasteiger charge is -2.29. The highest BCUT2D eigenvalue weighted by molar-refractivity contribution is 5.87. The Morgan fingerprint density at radius 3 is 2.57 bits per heavy atom. The molecule has 164 valence electrons. The summed E-state index contributed by atoms with van der Waals surface area (Å²) in [5.74, 6) is -0.320. The van der Waals surface area contributed by atoms with Gasteiger partial charge in [0.1, 0.15) is 18.4 Å². The molecule has 2 amide bonds. The topological polar surface area (TPSA) is 113 Å². The van der Waals surface area contributed by atoms with Crippen LogP contribution in [0.15, 0.2) is 24.3 Å². The van der Waals surface area contributed by atoms with Crippen molar-refractivity contribution in [3.63, 3.8) is 0 Å². The number of carbonyl (C=O) groups excluding carboxylic acids is 2. The largest absolute Gasteiger partial charge is 0.395 e. The SMILES string of the molecule is CC[C@@H](C(=O)NCCC(C)C)N(CCO)C(=O)Cn1nnc(-c2ccc(F)cc2)n1. The molecule has 0 fully saturated rings. The van der Waals surface area contributed by atoms with Crippen LogP contribution in [-0.4, -0.2) is 67.8 Å². The van der Waals surface area contributed by atoms with Crippen molar-refractivity contribution >= 4 is 11.8 Å². The second kappa shape index (κ2) is 11.3. The Bertz CT molecular complexity index is 824. The minimum Gasteiger partial charge on any atom is -0.395 e. The summed E-state index contributed by atoms with van der Waals surface area (Å²) in [7, 11) is 0. The lowest BCUT2D eigenvalue weighted by Crippen LogP contribution is -2.51. The van der Waals surface area contributed by atoms with Crippen LogP contribution in [-0.2, 0) is 16.1 Å². The Kier molecular flexibility index (Phi) is 8.85. The second-order valence-electron chi connectivity index (χ2n) is 7.36. The van der Waals surface area contributed by atoms with Crippen molar-refractivity contribution in [2.75, 3.05) is 19.7 Å². The first kappa shape index (κ1) is 23.4. The zero-order valence-corrected chi connectivity index (χ0v) is 17.6. The molecule has 0 bridgehead atoms. The molecule has 2 rings (SSSR count). The number of tetrazole rings is 1. The highest BCUT2D eigenvalue weighted by atomic mass is 19.1. The van der Waals surface area contributed by atoms with Gasteiger partial charge in [-0.2, -0.15) is 4.80 Å². The minimum absolute atomic E-state index is 0.0223. The molecule has 0 saturated heterocycles. The molecule has 0 aliphatic carbocycles. The molecule has 0 radical (unpaired) electrons. The molecule has 2 aromatic rings. The molecule has 0 aliphatic heterocycles. The zero-order valence-electron chi connectivity index (χ0n) is 17.6. The molecule has 0 aliphatic rings. The van der Waals surface area contributed by atoms with Crippen LogP contribution in [0, 0.1) is 11.7 Å². The van der Waals surface area contributed by atoms with Crippen molar-refractivity contribution in [1.82, 2.24) is 30.4 Å². The van der Waals surface area contributed by atoms with E-state index in [0.29, 0.717) is 24.4 Å². The number of amides is 2. The first-order valence-electron chi connectivity index (χ1n) is 10.1. The zero-order chi connectivity index (χ0) is 22.1. The van der Waals surface area contributed by atoms with E-state index in [9.17, 15) is 19.1 Å². The van der Waals surface area contributed by atoms with Crippen LogP contribution in [0.1, 0.15) is 33.6 Å². The monoisotopic (exact) mass is 420 g/mol. The van der Waals surface area contributed by atoms with E-state index >= 15 is 0 Å². The summed E-state index contributed by atoms with van der Waals surface area (Å²) in [5.41, 5.74) is 0.568. The van der Waals surface area contributed by atoms with Crippen LogP contribution in [0.4, 0.5) is 4.39 Å². The van der Waals surface area contributed by atoms with Gasteiger partial charge in [-0.1, -0.05) is 20.8 Å². The van der Waals surface area contributed by atoms with E-state index in [1.54, 1.807) is 0 Å². The summed E-state index contributed by atoms with van der Waals surface area (Å²) < 4.78 is 13.1. The number of aliphatic hydroxyl groups excluding tert-OH is 1. The standard InChI is InChI=1S/C20H29FN6O3/c1-4-17(20(30)22-10-9-14(2)3)26(11-12-28)18(29)13-27-24-19(23-25-27)15-5-7-16(21)8-6-15/h5-8,14,17,28H,4,9-13H2,1-3H3,(H,22,30)/t17-/m0/s1. The maximum Gasteiger partial charge on any atom is 0.247 e. The second-order valence-corrected chi connectivity index (χ2v) is 7.36. The van der Waals surface area contributed by atoms with Crippen LogP contribution in [0.3, 0.4) is 0 Å². The Morgan fingerprint density at radius 1 is 1.27 bits per heavy atom. The van der Waals surface area contributed by atoms with Crippen LogP contribution in [0.2, 0.25) is 0 Å². The van der Waals surface area contributed by atoms with E-state index in [1.807, 2.05) is 6.92 Å². The Morgan fingerprint density at radius 2 is 1.97 bits per heavy atom. The quantitative estimate of drug-likeness (QED) is 0.566. The number of aromatic nitrogens is 4. The Balaban J connectivity index is 2.06. The molecule has 1 aromatic heterocycles.